The monoisotopic (exact) mass is 678 g/mol. The van der Waals surface area contributed by atoms with Gasteiger partial charge in [-0.25, -0.2) is 4.79 Å². The SMILES string of the molecule is Brc1ccc(Br)c2[nH]ccc12.COc1c(OC)c(Br)c2c(c(C)c(C(=O)O)n2C)c1Br. The lowest BCUT2D eigenvalue weighted by atomic mass is 10.1. The van der Waals surface area contributed by atoms with Gasteiger partial charge in [0, 0.05) is 33.0 Å². The third-order valence-corrected chi connectivity index (χ3v) is 7.74. The van der Waals surface area contributed by atoms with E-state index in [1.165, 1.54) is 19.6 Å². The van der Waals surface area contributed by atoms with Crippen molar-refractivity contribution in [1.29, 1.82) is 0 Å². The Bertz CT molecular complexity index is 1220. The number of aromatic nitrogens is 2. The maximum Gasteiger partial charge on any atom is 0.352 e. The Labute approximate surface area is 212 Å². The molecule has 0 aliphatic carbocycles. The first-order chi connectivity index (χ1) is 14.6. The maximum absolute atomic E-state index is 11.4. The van der Waals surface area contributed by atoms with Crippen LogP contribution >= 0.6 is 63.7 Å². The smallest absolute Gasteiger partial charge is 0.352 e. The van der Waals surface area contributed by atoms with Crippen molar-refractivity contribution in [2.24, 2.45) is 7.05 Å². The van der Waals surface area contributed by atoms with Gasteiger partial charge in [-0.15, -0.1) is 0 Å². The van der Waals surface area contributed by atoms with Crippen molar-refractivity contribution in [2.45, 2.75) is 6.92 Å². The molecule has 0 aliphatic heterocycles. The van der Waals surface area contributed by atoms with Crippen LogP contribution in [0.15, 0.2) is 42.3 Å². The molecule has 164 valence electrons. The van der Waals surface area contributed by atoms with Gasteiger partial charge in [-0.3, -0.25) is 0 Å². The zero-order chi connectivity index (χ0) is 23.0. The Morgan fingerprint density at radius 2 is 1.58 bits per heavy atom. The summed E-state index contributed by atoms with van der Waals surface area (Å²) < 4.78 is 15.9. The third kappa shape index (κ3) is 4.15. The molecular weight excluding hydrogens is 664 g/mol. The van der Waals surface area contributed by atoms with E-state index in [2.05, 4.69) is 68.7 Å². The molecule has 2 heterocycles. The molecule has 4 aromatic rings. The largest absolute Gasteiger partial charge is 0.492 e. The van der Waals surface area contributed by atoms with Gasteiger partial charge in [0.25, 0.3) is 0 Å². The first kappa shape index (κ1) is 24.2. The number of aromatic amines is 1. The van der Waals surface area contributed by atoms with Gasteiger partial charge in [-0.05, 0) is 78.5 Å². The normalized spacial score (nSPS) is 10.8. The van der Waals surface area contributed by atoms with Crippen LogP contribution in [0.1, 0.15) is 16.1 Å². The number of halogens is 4. The van der Waals surface area contributed by atoms with Gasteiger partial charge in [0.05, 0.1) is 34.2 Å². The Kier molecular flexibility index (Phi) is 7.45. The van der Waals surface area contributed by atoms with Crippen molar-refractivity contribution >= 4 is 91.5 Å². The number of benzene rings is 2. The van der Waals surface area contributed by atoms with E-state index in [-0.39, 0.29) is 5.69 Å². The number of carbonyl (C=O) groups is 1. The molecule has 0 bridgehead atoms. The van der Waals surface area contributed by atoms with Crippen LogP contribution in [0.4, 0.5) is 0 Å². The second-order valence-corrected chi connectivity index (χ2v) is 9.85. The minimum Gasteiger partial charge on any atom is -0.492 e. The zero-order valence-corrected chi connectivity index (χ0v) is 23.3. The number of nitrogens with zero attached hydrogens (tertiary/aromatic N) is 1. The van der Waals surface area contributed by atoms with E-state index >= 15 is 0 Å². The van der Waals surface area contributed by atoms with Crippen LogP contribution in [-0.4, -0.2) is 34.8 Å². The van der Waals surface area contributed by atoms with E-state index in [9.17, 15) is 9.90 Å². The molecule has 0 fully saturated rings. The number of methoxy groups -OCH3 is 2. The number of nitrogens with one attached hydrogen (secondary N) is 1. The molecule has 0 atom stereocenters. The molecule has 6 nitrogen and oxygen atoms in total. The number of aromatic carboxylic acids is 1. The fraction of sp³-hybridized carbons (Fsp3) is 0.190. The highest BCUT2D eigenvalue weighted by molar-refractivity contribution is 9.11. The highest BCUT2D eigenvalue weighted by Gasteiger charge is 2.27. The van der Waals surface area contributed by atoms with Gasteiger partial charge in [0.1, 0.15) is 5.69 Å². The molecule has 0 radical (unpaired) electrons. The summed E-state index contributed by atoms with van der Waals surface area (Å²) in [6.07, 6.45) is 1.93. The molecular formula is C21H18Br4N2O4. The first-order valence-corrected chi connectivity index (χ1v) is 12.0. The van der Waals surface area contributed by atoms with Gasteiger partial charge in [0.2, 0.25) is 0 Å². The van der Waals surface area contributed by atoms with E-state index in [0.29, 0.717) is 26.0 Å². The highest BCUT2D eigenvalue weighted by Crippen LogP contribution is 2.49. The molecule has 2 N–H and O–H groups in total. The van der Waals surface area contributed by atoms with E-state index in [1.54, 1.807) is 18.5 Å². The summed E-state index contributed by atoms with van der Waals surface area (Å²) >= 11 is 13.9. The molecule has 0 spiro atoms. The van der Waals surface area contributed by atoms with E-state index in [1.807, 2.05) is 24.4 Å². The van der Waals surface area contributed by atoms with E-state index in [0.717, 1.165) is 25.4 Å². The summed E-state index contributed by atoms with van der Waals surface area (Å²) in [4.78, 5) is 14.6. The lowest BCUT2D eigenvalue weighted by Gasteiger charge is -2.14. The number of aryl methyl sites for hydroxylation is 2. The van der Waals surface area contributed by atoms with Crippen molar-refractivity contribution < 1.29 is 19.4 Å². The molecule has 0 saturated heterocycles. The Hall–Kier alpha value is -1.49. The van der Waals surface area contributed by atoms with Crippen molar-refractivity contribution in [3.8, 4) is 11.5 Å². The number of carboxylic acid groups (broad SMARTS) is 1. The van der Waals surface area contributed by atoms with Crippen LogP contribution in [0.25, 0.3) is 21.8 Å². The fourth-order valence-corrected chi connectivity index (χ4v) is 6.08. The predicted octanol–water partition coefficient (Wildman–Crippen LogP) is 7.42. The average Bonchev–Trinajstić information content (AvgIpc) is 3.32. The van der Waals surface area contributed by atoms with E-state index < -0.39 is 5.97 Å². The predicted molar refractivity (Wildman–Crippen MR) is 137 cm³/mol. The fourth-order valence-electron chi connectivity index (χ4n) is 3.53. The summed E-state index contributed by atoms with van der Waals surface area (Å²) in [5.41, 5.74) is 2.78. The van der Waals surface area contributed by atoms with Crippen molar-refractivity contribution in [3.63, 3.8) is 0 Å². The van der Waals surface area contributed by atoms with Crippen LogP contribution < -0.4 is 9.47 Å². The topological polar surface area (TPSA) is 76.5 Å². The van der Waals surface area contributed by atoms with Gasteiger partial charge in [0.15, 0.2) is 11.5 Å². The molecule has 0 unspecified atom stereocenters. The summed E-state index contributed by atoms with van der Waals surface area (Å²) in [5, 5.41) is 11.4. The number of hydrogen-bond donors (Lipinski definition) is 2. The van der Waals surface area contributed by atoms with E-state index in [4.69, 9.17) is 9.47 Å². The van der Waals surface area contributed by atoms with Gasteiger partial charge in [-0.2, -0.15) is 0 Å². The van der Waals surface area contributed by atoms with Crippen molar-refractivity contribution in [1.82, 2.24) is 9.55 Å². The highest BCUT2D eigenvalue weighted by atomic mass is 79.9. The maximum atomic E-state index is 11.4. The summed E-state index contributed by atoms with van der Waals surface area (Å²) in [7, 11) is 4.79. The minimum atomic E-state index is -0.974. The number of carboxylic acids is 1. The zero-order valence-electron chi connectivity index (χ0n) is 16.9. The standard InChI is InChI=1S/C13H13Br2NO4.C8H5Br2N/c1-5-6-7(14)11(19-3)12(20-4)8(15)10(6)16(2)9(5)13(17)18;9-6-1-2-7(10)8-5(6)3-4-11-8/h1-4H3,(H,17,18);1-4,11H. The average molecular weight is 682 g/mol. The molecule has 0 saturated carbocycles. The number of hydrogen-bond acceptors (Lipinski definition) is 3. The quantitative estimate of drug-likeness (QED) is 0.236. The first-order valence-electron chi connectivity index (χ1n) is 8.87. The third-order valence-electron chi connectivity index (χ3n) is 4.90. The van der Waals surface area contributed by atoms with Crippen molar-refractivity contribution in [2.75, 3.05) is 14.2 Å². The number of H-pyrrole nitrogens is 1. The Balaban J connectivity index is 0.000000207. The van der Waals surface area contributed by atoms with Gasteiger partial charge >= 0.3 is 5.97 Å². The van der Waals surface area contributed by atoms with Crippen LogP contribution in [0.2, 0.25) is 0 Å². The van der Waals surface area contributed by atoms with Crippen molar-refractivity contribution in [3.05, 3.63) is 53.5 Å². The number of fused-ring (bicyclic) bond motifs is 2. The molecule has 31 heavy (non-hydrogen) atoms. The summed E-state index contributed by atoms with van der Waals surface area (Å²) in [5.74, 6) is 0.0693. The molecule has 0 aliphatic rings. The summed E-state index contributed by atoms with van der Waals surface area (Å²) in [6.45, 7) is 1.77. The molecule has 0 amide bonds. The Morgan fingerprint density at radius 3 is 2.13 bits per heavy atom. The summed E-state index contributed by atoms with van der Waals surface area (Å²) in [6, 6.07) is 6.09. The van der Waals surface area contributed by atoms with Crippen LogP contribution in [0.5, 0.6) is 11.5 Å². The molecule has 2 aromatic carbocycles. The molecule has 2 aromatic heterocycles. The van der Waals surface area contributed by atoms with Crippen LogP contribution in [0.3, 0.4) is 0 Å². The lowest BCUT2D eigenvalue weighted by Crippen LogP contribution is -2.05. The molecule has 10 heteroatoms. The van der Waals surface area contributed by atoms with Gasteiger partial charge in [-0.1, -0.05) is 15.9 Å². The number of rotatable bonds is 3. The Morgan fingerprint density at radius 1 is 1.00 bits per heavy atom. The van der Waals surface area contributed by atoms with Gasteiger partial charge < -0.3 is 24.1 Å². The number of ether oxygens (including phenoxy) is 2. The van der Waals surface area contributed by atoms with Crippen LogP contribution in [0, 0.1) is 6.92 Å². The minimum absolute atomic E-state index is 0.233. The molecule has 4 rings (SSSR count). The second kappa shape index (κ2) is 9.56. The van der Waals surface area contributed by atoms with Crippen LogP contribution in [-0.2, 0) is 7.05 Å². The second-order valence-electron chi connectivity index (χ2n) is 6.55. The lowest BCUT2D eigenvalue weighted by molar-refractivity contribution is 0.0686.